The molecule has 21 heavy (non-hydrogen) atoms. The molecule has 1 amide bonds. The second-order valence-electron chi connectivity index (χ2n) is 3.92. The monoisotopic (exact) mass is 326 g/mol. The Morgan fingerprint density at radius 2 is 2.29 bits per heavy atom. The van der Waals surface area contributed by atoms with Crippen LogP contribution in [0.2, 0.25) is 5.15 Å². The van der Waals surface area contributed by atoms with E-state index in [2.05, 4.69) is 20.5 Å². The number of anilines is 1. The highest BCUT2D eigenvalue weighted by Crippen LogP contribution is 2.18. The molecule has 0 atom stereocenters. The Bertz CT molecular complexity index is 735. The van der Waals surface area contributed by atoms with Gasteiger partial charge in [-0.3, -0.25) is 9.59 Å². The molecule has 0 aliphatic rings. The van der Waals surface area contributed by atoms with Crippen molar-refractivity contribution in [1.29, 1.82) is 0 Å². The van der Waals surface area contributed by atoms with Crippen LogP contribution in [0.15, 0.2) is 28.3 Å². The summed E-state index contributed by atoms with van der Waals surface area (Å²) in [5.74, 6) is 5.23. The zero-order valence-electron chi connectivity index (χ0n) is 10.9. The van der Waals surface area contributed by atoms with Gasteiger partial charge in [0.15, 0.2) is 5.15 Å². The molecule has 0 aliphatic carbocycles. The molecular formula is C11H11ClN6O2S. The van der Waals surface area contributed by atoms with Crippen molar-refractivity contribution in [3.63, 3.8) is 0 Å². The number of nitrogens with two attached hydrogens (primary N) is 1. The first-order valence-electron chi connectivity index (χ1n) is 5.73. The number of nitrogens with zero attached hydrogens (tertiary/aromatic N) is 4. The highest BCUT2D eigenvalue weighted by atomic mass is 35.5. The molecule has 0 saturated heterocycles. The normalized spacial score (nSPS) is 10.4. The lowest BCUT2D eigenvalue weighted by Gasteiger charge is -2.07. The van der Waals surface area contributed by atoms with E-state index >= 15 is 0 Å². The minimum Gasteiger partial charge on any atom is -0.334 e. The van der Waals surface area contributed by atoms with Crippen LogP contribution >= 0.6 is 23.4 Å². The second-order valence-corrected chi connectivity index (χ2v) is 5.22. The molecule has 2 heterocycles. The first-order chi connectivity index (χ1) is 9.99. The van der Waals surface area contributed by atoms with Crippen molar-refractivity contribution < 1.29 is 4.79 Å². The molecule has 8 nitrogen and oxygen atoms in total. The van der Waals surface area contributed by atoms with Crippen molar-refractivity contribution in [2.75, 3.05) is 16.9 Å². The molecule has 0 saturated carbocycles. The Labute approximate surface area is 128 Å². The number of carbonyl (C=O) groups excluding carboxylic acids is 1. The number of rotatable bonds is 4. The molecule has 0 spiro atoms. The SMILES string of the molecule is Cc1nnc(SCC(=O)Nc2cccnc2Cl)n(N)c1=O. The number of nitrogens with one attached hydrogen (secondary N) is 1. The van der Waals surface area contributed by atoms with Gasteiger partial charge in [0.2, 0.25) is 11.1 Å². The lowest BCUT2D eigenvalue weighted by molar-refractivity contribution is -0.113. The summed E-state index contributed by atoms with van der Waals surface area (Å²) >= 11 is 6.82. The predicted octanol–water partition coefficient (Wildman–Crippen LogP) is 0.440. The van der Waals surface area contributed by atoms with E-state index in [1.807, 2.05) is 0 Å². The third-order valence-corrected chi connectivity index (χ3v) is 3.63. The maximum absolute atomic E-state index is 11.8. The summed E-state index contributed by atoms with van der Waals surface area (Å²) in [6.45, 7) is 1.50. The van der Waals surface area contributed by atoms with Crippen molar-refractivity contribution >= 4 is 35.0 Å². The van der Waals surface area contributed by atoms with Crippen LogP contribution < -0.4 is 16.7 Å². The van der Waals surface area contributed by atoms with Gasteiger partial charge in [0.25, 0.3) is 5.56 Å². The molecule has 0 bridgehead atoms. The zero-order chi connectivity index (χ0) is 15.4. The Balaban J connectivity index is 2.01. The maximum Gasteiger partial charge on any atom is 0.294 e. The topological polar surface area (TPSA) is 116 Å². The number of hydrogen-bond donors (Lipinski definition) is 2. The van der Waals surface area contributed by atoms with Crippen LogP contribution in [0, 0.1) is 6.92 Å². The standard InChI is InChI=1S/C11H11ClN6O2S/c1-6-10(20)18(13)11(17-16-6)21-5-8(19)15-7-3-2-4-14-9(7)12/h2-4H,5,13H2,1H3,(H,15,19). The number of pyridine rings is 1. The molecule has 2 rings (SSSR count). The van der Waals surface area contributed by atoms with Gasteiger partial charge in [-0.2, -0.15) is 4.68 Å². The number of thioether (sulfide) groups is 1. The molecule has 10 heteroatoms. The van der Waals surface area contributed by atoms with E-state index in [1.54, 1.807) is 12.1 Å². The number of carbonyl (C=O) groups is 1. The van der Waals surface area contributed by atoms with Gasteiger partial charge in [0.05, 0.1) is 11.4 Å². The Morgan fingerprint density at radius 1 is 1.52 bits per heavy atom. The summed E-state index contributed by atoms with van der Waals surface area (Å²) < 4.78 is 0.858. The summed E-state index contributed by atoms with van der Waals surface area (Å²) in [5, 5.41) is 10.4. The third-order valence-electron chi connectivity index (χ3n) is 2.39. The molecule has 0 fully saturated rings. The molecule has 2 aromatic heterocycles. The first kappa shape index (κ1) is 15.3. The first-order valence-corrected chi connectivity index (χ1v) is 7.10. The lowest BCUT2D eigenvalue weighted by Crippen LogP contribution is -2.32. The zero-order valence-corrected chi connectivity index (χ0v) is 12.5. The smallest absolute Gasteiger partial charge is 0.294 e. The molecular weight excluding hydrogens is 316 g/mol. The lowest BCUT2D eigenvalue weighted by atomic mass is 10.4. The fourth-order valence-corrected chi connectivity index (χ4v) is 2.18. The van der Waals surface area contributed by atoms with Gasteiger partial charge in [-0.05, 0) is 19.1 Å². The molecule has 3 N–H and O–H groups in total. The van der Waals surface area contributed by atoms with Gasteiger partial charge < -0.3 is 11.2 Å². The van der Waals surface area contributed by atoms with Crippen molar-refractivity contribution in [1.82, 2.24) is 19.9 Å². The fourth-order valence-electron chi connectivity index (χ4n) is 1.36. The number of nitrogen functional groups attached to an aromatic ring is 1. The van der Waals surface area contributed by atoms with E-state index < -0.39 is 5.56 Å². The van der Waals surface area contributed by atoms with E-state index in [0.29, 0.717) is 5.69 Å². The Kier molecular flexibility index (Phi) is 4.76. The van der Waals surface area contributed by atoms with Gasteiger partial charge in [-0.25, -0.2) is 4.98 Å². The summed E-state index contributed by atoms with van der Waals surface area (Å²) in [7, 11) is 0. The number of aryl methyl sites for hydroxylation is 1. The molecule has 110 valence electrons. The maximum atomic E-state index is 11.8. The second kappa shape index (κ2) is 6.55. The average Bonchev–Trinajstić information content (AvgIpc) is 2.46. The third kappa shape index (κ3) is 3.70. The largest absolute Gasteiger partial charge is 0.334 e. The molecule has 2 aromatic rings. The quantitative estimate of drug-likeness (QED) is 0.475. The van der Waals surface area contributed by atoms with E-state index in [0.717, 1.165) is 16.4 Å². The predicted molar refractivity (Wildman–Crippen MR) is 79.8 cm³/mol. The van der Waals surface area contributed by atoms with Crippen molar-refractivity contribution in [2.24, 2.45) is 0 Å². The molecule has 0 aliphatic heterocycles. The van der Waals surface area contributed by atoms with E-state index in [9.17, 15) is 9.59 Å². The van der Waals surface area contributed by atoms with E-state index in [1.165, 1.54) is 13.1 Å². The van der Waals surface area contributed by atoms with Crippen LogP contribution in [0.4, 0.5) is 5.69 Å². The minimum absolute atomic E-state index is 0.000393. The van der Waals surface area contributed by atoms with Crippen molar-refractivity contribution in [2.45, 2.75) is 12.1 Å². The minimum atomic E-state index is -0.455. The molecule has 0 unspecified atom stereocenters. The van der Waals surface area contributed by atoms with E-state index in [-0.39, 0.29) is 27.7 Å². The number of hydrogen-bond acceptors (Lipinski definition) is 7. The number of aromatic nitrogens is 4. The molecule has 0 aromatic carbocycles. The number of halogens is 1. The van der Waals surface area contributed by atoms with Crippen molar-refractivity contribution in [3.05, 3.63) is 39.5 Å². The van der Waals surface area contributed by atoms with E-state index in [4.69, 9.17) is 17.4 Å². The van der Waals surface area contributed by atoms with Gasteiger partial charge >= 0.3 is 0 Å². The Morgan fingerprint density at radius 3 is 3.00 bits per heavy atom. The van der Waals surface area contributed by atoms with Gasteiger partial charge in [-0.1, -0.05) is 23.4 Å². The fraction of sp³-hybridized carbons (Fsp3) is 0.182. The summed E-state index contributed by atoms with van der Waals surface area (Å²) in [6.07, 6.45) is 1.52. The highest BCUT2D eigenvalue weighted by Gasteiger charge is 2.11. The average molecular weight is 327 g/mol. The van der Waals surface area contributed by atoms with Crippen molar-refractivity contribution in [3.8, 4) is 0 Å². The van der Waals surface area contributed by atoms with Crippen LogP contribution in [0.5, 0.6) is 0 Å². The summed E-state index contributed by atoms with van der Waals surface area (Å²) in [4.78, 5) is 27.2. The van der Waals surface area contributed by atoms with Gasteiger partial charge in [0, 0.05) is 6.20 Å². The van der Waals surface area contributed by atoms with Crippen LogP contribution in [0.3, 0.4) is 0 Å². The van der Waals surface area contributed by atoms with Gasteiger partial charge in [0.1, 0.15) is 5.69 Å². The van der Waals surface area contributed by atoms with Gasteiger partial charge in [-0.15, -0.1) is 10.2 Å². The van der Waals surface area contributed by atoms with Crippen LogP contribution in [-0.4, -0.2) is 31.5 Å². The Hall–Kier alpha value is -2.13. The van der Waals surface area contributed by atoms with Crippen LogP contribution in [0.25, 0.3) is 0 Å². The summed E-state index contributed by atoms with van der Waals surface area (Å²) in [5.41, 5.74) is 0.140. The van der Waals surface area contributed by atoms with Crippen LogP contribution in [0.1, 0.15) is 5.69 Å². The highest BCUT2D eigenvalue weighted by molar-refractivity contribution is 7.99. The molecule has 0 radical (unpaired) electrons. The van der Waals surface area contributed by atoms with Crippen LogP contribution in [-0.2, 0) is 4.79 Å². The summed E-state index contributed by atoms with van der Waals surface area (Å²) in [6, 6.07) is 3.28. The number of amides is 1.